The molecule has 3 nitrogen and oxygen atoms in total. The predicted molar refractivity (Wildman–Crippen MR) is 84.5 cm³/mol. The molecule has 2 aromatic rings. The monoisotopic (exact) mass is 286 g/mol. The predicted octanol–water partition coefficient (Wildman–Crippen LogP) is 4.16. The molecule has 0 bridgehead atoms. The number of aryl methyl sites for hydroxylation is 1. The van der Waals surface area contributed by atoms with Gasteiger partial charge in [-0.2, -0.15) is 0 Å². The van der Waals surface area contributed by atoms with Gasteiger partial charge in [0.05, 0.1) is 20.3 Å². The highest BCUT2D eigenvalue weighted by molar-refractivity contribution is 5.39. The Kier molecular flexibility index (Phi) is 5.50. The Morgan fingerprint density at radius 2 is 1.38 bits per heavy atom. The molecule has 0 heterocycles. The Bertz CT molecular complexity index is 578. The van der Waals surface area contributed by atoms with Crippen molar-refractivity contribution in [2.45, 2.75) is 20.3 Å². The molecule has 0 fully saturated rings. The lowest BCUT2D eigenvalue weighted by molar-refractivity contribution is 0.239. The molecule has 0 aliphatic heterocycles. The van der Waals surface area contributed by atoms with Crippen molar-refractivity contribution in [1.29, 1.82) is 0 Å². The van der Waals surface area contributed by atoms with Crippen LogP contribution in [0.5, 0.6) is 17.2 Å². The van der Waals surface area contributed by atoms with Gasteiger partial charge in [0.1, 0.15) is 5.75 Å². The summed E-state index contributed by atoms with van der Waals surface area (Å²) < 4.78 is 16.8. The SMILES string of the molecule is COc1ccccc1OCCCOc1cccc(C)c1C. The fraction of sp³-hybridized carbons (Fsp3) is 0.333. The van der Waals surface area contributed by atoms with Crippen molar-refractivity contribution in [3.63, 3.8) is 0 Å². The topological polar surface area (TPSA) is 27.7 Å². The van der Waals surface area contributed by atoms with Crippen LogP contribution in [0.1, 0.15) is 17.5 Å². The van der Waals surface area contributed by atoms with Crippen molar-refractivity contribution in [3.05, 3.63) is 53.6 Å². The normalized spacial score (nSPS) is 10.2. The van der Waals surface area contributed by atoms with E-state index < -0.39 is 0 Å². The first-order chi connectivity index (χ1) is 10.2. The lowest BCUT2D eigenvalue weighted by atomic mass is 10.1. The number of hydrogen-bond acceptors (Lipinski definition) is 3. The second-order valence-electron chi connectivity index (χ2n) is 4.90. The third kappa shape index (κ3) is 4.15. The van der Waals surface area contributed by atoms with Crippen molar-refractivity contribution in [1.82, 2.24) is 0 Å². The number of para-hydroxylation sites is 2. The van der Waals surface area contributed by atoms with Crippen LogP contribution in [-0.2, 0) is 0 Å². The molecule has 0 radical (unpaired) electrons. The van der Waals surface area contributed by atoms with Crippen LogP contribution in [-0.4, -0.2) is 20.3 Å². The lowest BCUT2D eigenvalue weighted by Crippen LogP contribution is -2.06. The smallest absolute Gasteiger partial charge is 0.161 e. The summed E-state index contributed by atoms with van der Waals surface area (Å²) >= 11 is 0. The molecule has 2 rings (SSSR count). The first-order valence-corrected chi connectivity index (χ1v) is 7.17. The highest BCUT2D eigenvalue weighted by Crippen LogP contribution is 2.26. The largest absolute Gasteiger partial charge is 0.493 e. The number of benzene rings is 2. The van der Waals surface area contributed by atoms with E-state index in [4.69, 9.17) is 14.2 Å². The average molecular weight is 286 g/mol. The summed E-state index contributed by atoms with van der Waals surface area (Å²) in [5, 5.41) is 0. The zero-order chi connectivity index (χ0) is 15.1. The van der Waals surface area contributed by atoms with E-state index in [9.17, 15) is 0 Å². The Balaban J connectivity index is 1.76. The van der Waals surface area contributed by atoms with Crippen LogP contribution in [0.25, 0.3) is 0 Å². The summed E-state index contributed by atoms with van der Waals surface area (Å²) in [6, 6.07) is 13.8. The molecule has 2 aromatic carbocycles. The van der Waals surface area contributed by atoms with E-state index in [0.717, 1.165) is 23.7 Å². The van der Waals surface area contributed by atoms with Gasteiger partial charge in [-0.15, -0.1) is 0 Å². The maximum absolute atomic E-state index is 5.80. The van der Waals surface area contributed by atoms with Gasteiger partial charge in [-0.1, -0.05) is 24.3 Å². The van der Waals surface area contributed by atoms with E-state index >= 15 is 0 Å². The van der Waals surface area contributed by atoms with Crippen LogP contribution >= 0.6 is 0 Å². The quantitative estimate of drug-likeness (QED) is 0.715. The van der Waals surface area contributed by atoms with E-state index in [1.54, 1.807) is 7.11 Å². The van der Waals surface area contributed by atoms with Crippen molar-refractivity contribution < 1.29 is 14.2 Å². The maximum Gasteiger partial charge on any atom is 0.161 e. The second kappa shape index (κ2) is 7.58. The Morgan fingerprint density at radius 3 is 2.10 bits per heavy atom. The van der Waals surface area contributed by atoms with E-state index in [-0.39, 0.29) is 0 Å². The van der Waals surface area contributed by atoms with Gasteiger partial charge >= 0.3 is 0 Å². The Morgan fingerprint density at radius 1 is 0.762 bits per heavy atom. The number of rotatable bonds is 7. The van der Waals surface area contributed by atoms with Gasteiger partial charge in [-0.25, -0.2) is 0 Å². The molecule has 3 heteroatoms. The molecule has 0 aliphatic rings. The fourth-order valence-electron chi connectivity index (χ4n) is 2.04. The zero-order valence-corrected chi connectivity index (χ0v) is 12.9. The highest BCUT2D eigenvalue weighted by Gasteiger charge is 2.03. The summed E-state index contributed by atoms with van der Waals surface area (Å²) in [7, 11) is 1.64. The van der Waals surface area contributed by atoms with Gasteiger partial charge in [0.15, 0.2) is 11.5 Å². The minimum absolute atomic E-state index is 0.602. The molecule has 0 N–H and O–H groups in total. The Hall–Kier alpha value is -2.16. The van der Waals surface area contributed by atoms with Crippen LogP contribution < -0.4 is 14.2 Å². The van der Waals surface area contributed by atoms with Gasteiger partial charge in [0, 0.05) is 6.42 Å². The van der Waals surface area contributed by atoms with Gasteiger partial charge < -0.3 is 14.2 Å². The number of ether oxygens (including phenoxy) is 3. The van der Waals surface area contributed by atoms with E-state index in [1.807, 2.05) is 36.4 Å². The van der Waals surface area contributed by atoms with E-state index in [2.05, 4.69) is 19.9 Å². The van der Waals surface area contributed by atoms with Crippen LogP contribution in [0.3, 0.4) is 0 Å². The molecule has 0 atom stereocenters. The molecule has 112 valence electrons. The third-order valence-electron chi connectivity index (χ3n) is 3.43. The summed E-state index contributed by atoms with van der Waals surface area (Å²) in [6.45, 7) is 5.41. The first-order valence-electron chi connectivity index (χ1n) is 7.17. The third-order valence-corrected chi connectivity index (χ3v) is 3.43. The van der Waals surface area contributed by atoms with Crippen LogP contribution in [0.4, 0.5) is 0 Å². The molecular formula is C18H22O3. The van der Waals surface area contributed by atoms with Gasteiger partial charge in [0.2, 0.25) is 0 Å². The summed E-state index contributed by atoms with van der Waals surface area (Å²) in [4.78, 5) is 0. The molecule has 0 aromatic heterocycles. The minimum Gasteiger partial charge on any atom is -0.493 e. The Labute approximate surface area is 126 Å². The molecule has 0 saturated heterocycles. The lowest BCUT2D eigenvalue weighted by Gasteiger charge is -2.12. The fourth-order valence-corrected chi connectivity index (χ4v) is 2.04. The highest BCUT2D eigenvalue weighted by atomic mass is 16.5. The molecule has 0 aliphatic carbocycles. The summed E-state index contributed by atoms with van der Waals surface area (Å²) in [5.41, 5.74) is 2.45. The van der Waals surface area contributed by atoms with Gasteiger partial charge in [0.25, 0.3) is 0 Å². The number of hydrogen-bond donors (Lipinski definition) is 0. The minimum atomic E-state index is 0.602. The second-order valence-corrected chi connectivity index (χ2v) is 4.90. The molecule has 0 amide bonds. The van der Waals surface area contributed by atoms with Crippen LogP contribution in [0, 0.1) is 13.8 Å². The number of methoxy groups -OCH3 is 1. The average Bonchev–Trinajstić information content (AvgIpc) is 2.51. The van der Waals surface area contributed by atoms with Crippen molar-refractivity contribution >= 4 is 0 Å². The molecular weight excluding hydrogens is 264 g/mol. The van der Waals surface area contributed by atoms with Gasteiger partial charge in [-0.05, 0) is 43.2 Å². The first kappa shape index (κ1) is 15.2. The summed E-state index contributed by atoms with van der Waals surface area (Å²) in [5.74, 6) is 2.48. The summed E-state index contributed by atoms with van der Waals surface area (Å²) in [6.07, 6.45) is 0.825. The van der Waals surface area contributed by atoms with Crippen molar-refractivity contribution in [2.75, 3.05) is 20.3 Å². The van der Waals surface area contributed by atoms with E-state index in [0.29, 0.717) is 13.2 Å². The van der Waals surface area contributed by atoms with Crippen LogP contribution in [0.2, 0.25) is 0 Å². The van der Waals surface area contributed by atoms with Crippen LogP contribution in [0.15, 0.2) is 42.5 Å². The van der Waals surface area contributed by atoms with E-state index in [1.165, 1.54) is 11.1 Å². The van der Waals surface area contributed by atoms with Crippen molar-refractivity contribution in [3.8, 4) is 17.2 Å². The van der Waals surface area contributed by atoms with Crippen molar-refractivity contribution in [2.24, 2.45) is 0 Å². The molecule has 0 saturated carbocycles. The molecule has 21 heavy (non-hydrogen) atoms. The zero-order valence-electron chi connectivity index (χ0n) is 12.9. The molecule has 0 spiro atoms. The van der Waals surface area contributed by atoms with Gasteiger partial charge in [-0.3, -0.25) is 0 Å². The maximum atomic E-state index is 5.80. The standard InChI is InChI=1S/C18H22O3/c1-14-8-6-11-16(15(14)2)20-12-7-13-21-18-10-5-4-9-17(18)19-3/h4-6,8-11H,7,12-13H2,1-3H3. The molecule has 0 unspecified atom stereocenters.